The van der Waals surface area contributed by atoms with Crippen molar-refractivity contribution in [2.45, 2.75) is 19.5 Å². The Balaban J connectivity index is 1.38. The van der Waals surface area contributed by atoms with Crippen LogP contribution in [0.3, 0.4) is 0 Å². The molecule has 9 heteroatoms. The fraction of sp³-hybridized carbons (Fsp3) is 0.238. The number of halogens is 2. The lowest BCUT2D eigenvalue weighted by molar-refractivity contribution is -0.120. The molecular formula is C21H19F2N3O3S. The van der Waals surface area contributed by atoms with E-state index in [4.69, 9.17) is 9.47 Å². The van der Waals surface area contributed by atoms with E-state index >= 15 is 0 Å². The monoisotopic (exact) mass is 431 g/mol. The van der Waals surface area contributed by atoms with Crippen molar-refractivity contribution in [3.63, 3.8) is 0 Å². The summed E-state index contributed by atoms with van der Waals surface area (Å²) in [7, 11) is 1.85. The molecule has 1 atom stereocenters. The number of likely N-dealkylation sites (N-methyl/N-ethyl adjacent to an activating group) is 1. The highest BCUT2D eigenvalue weighted by Crippen LogP contribution is 2.33. The molecule has 0 spiro atoms. The van der Waals surface area contributed by atoms with Gasteiger partial charge in [0.25, 0.3) is 0 Å². The molecule has 1 aromatic heterocycles. The smallest absolute Gasteiger partial charge is 0.243 e. The summed E-state index contributed by atoms with van der Waals surface area (Å²) in [5, 5.41) is 4.86. The first kappa shape index (κ1) is 20.2. The second-order valence-electron chi connectivity index (χ2n) is 6.93. The molecule has 1 aliphatic heterocycles. The normalized spacial score (nSPS) is 13.5. The van der Waals surface area contributed by atoms with E-state index in [1.807, 2.05) is 30.1 Å². The Bertz CT molecular complexity index is 1090. The van der Waals surface area contributed by atoms with E-state index < -0.39 is 17.7 Å². The van der Waals surface area contributed by atoms with E-state index in [1.165, 1.54) is 17.4 Å². The SMILES string of the molecule is CC(C(=O)Nc1nc(-c2ccc(F)c(F)c2)cs1)N(C)Cc1ccc2c(c1)OCO2. The Morgan fingerprint density at radius 1 is 1.20 bits per heavy atom. The summed E-state index contributed by atoms with van der Waals surface area (Å²) in [5.74, 6) is -0.658. The molecule has 0 aliphatic carbocycles. The Morgan fingerprint density at radius 2 is 2.00 bits per heavy atom. The van der Waals surface area contributed by atoms with Gasteiger partial charge in [-0.2, -0.15) is 0 Å². The summed E-state index contributed by atoms with van der Waals surface area (Å²) >= 11 is 1.22. The van der Waals surface area contributed by atoms with E-state index in [0.717, 1.165) is 17.7 Å². The van der Waals surface area contributed by atoms with Crippen LogP contribution in [0.1, 0.15) is 12.5 Å². The summed E-state index contributed by atoms with van der Waals surface area (Å²) in [6.07, 6.45) is 0. The number of rotatable bonds is 6. The summed E-state index contributed by atoms with van der Waals surface area (Å²) in [6.45, 7) is 2.56. The number of hydrogen-bond donors (Lipinski definition) is 1. The average molecular weight is 431 g/mol. The number of carbonyl (C=O) groups excluding carboxylic acids is 1. The lowest BCUT2D eigenvalue weighted by Gasteiger charge is -2.23. The third-order valence-corrected chi connectivity index (χ3v) is 5.62. The molecule has 156 valence electrons. The highest BCUT2D eigenvalue weighted by molar-refractivity contribution is 7.14. The first-order valence-electron chi connectivity index (χ1n) is 9.21. The zero-order valence-electron chi connectivity index (χ0n) is 16.3. The fourth-order valence-electron chi connectivity index (χ4n) is 2.99. The maximum absolute atomic E-state index is 13.4. The number of ether oxygens (including phenoxy) is 2. The van der Waals surface area contributed by atoms with Crippen LogP contribution in [0.2, 0.25) is 0 Å². The predicted molar refractivity (Wildman–Crippen MR) is 110 cm³/mol. The van der Waals surface area contributed by atoms with Crippen LogP contribution in [0.15, 0.2) is 41.8 Å². The molecule has 0 fully saturated rings. The van der Waals surface area contributed by atoms with Crippen molar-refractivity contribution in [3.8, 4) is 22.8 Å². The number of aromatic nitrogens is 1. The Kier molecular flexibility index (Phi) is 5.65. The van der Waals surface area contributed by atoms with Gasteiger partial charge in [0.15, 0.2) is 28.3 Å². The van der Waals surface area contributed by atoms with Crippen molar-refractivity contribution >= 4 is 22.4 Å². The van der Waals surface area contributed by atoms with Crippen molar-refractivity contribution in [1.29, 1.82) is 0 Å². The first-order valence-corrected chi connectivity index (χ1v) is 10.1. The molecule has 1 unspecified atom stereocenters. The van der Waals surface area contributed by atoms with Crippen LogP contribution < -0.4 is 14.8 Å². The number of nitrogens with one attached hydrogen (secondary N) is 1. The van der Waals surface area contributed by atoms with E-state index in [0.29, 0.717) is 34.4 Å². The number of nitrogens with zero attached hydrogens (tertiary/aromatic N) is 2. The van der Waals surface area contributed by atoms with Crippen LogP contribution in [-0.4, -0.2) is 35.7 Å². The van der Waals surface area contributed by atoms with Gasteiger partial charge in [0.05, 0.1) is 11.7 Å². The standard InChI is InChI=1S/C21H19F2N3O3S/c1-12(26(2)9-13-3-6-18-19(7-13)29-11-28-18)20(27)25-21-24-17(10-30-21)14-4-5-15(22)16(23)8-14/h3-8,10,12H,9,11H2,1-2H3,(H,24,25,27). The molecule has 1 aliphatic rings. The van der Waals surface area contributed by atoms with Gasteiger partial charge in [-0.15, -0.1) is 11.3 Å². The average Bonchev–Trinajstić information content (AvgIpc) is 3.38. The summed E-state index contributed by atoms with van der Waals surface area (Å²) in [6, 6.07) is 8.84. The first-order chi connectivity index (χ1) is 14.4. The Morgan fingerprint density at radius 3 is 2.80 bits per heavy atom. The van der Waals surface area contributed by atoms with Gasteiger partial charge in [0, 0.05) is 17.5 Å². The predicted octanol–water partition coefficient (Wildman–Crippen LogP) is 4.28. The van der Waals surface area contributed by atoms with Gasteiger partial charge < -0.3 is 14.8 Å². The largest absolute Gasteiger partial charge is 0.454 e. The minimum Gasteiger partial charge on any atom is -0.454 e. The van der Waals surface area contributed by atoms with E-state index in [-0.39, 0.29) is 12.7 Å². The van der Waals surface area contributed by atoms with Gasteiger partial charge in [0.1, 0.15) is 0 Å². The van der Waals surface area contributed by atoms with Gasteiger partial charge in [-0.1, -0.05) is 6.07 Å². The van der Waals surface area contributed by atoms with Crippen LogP contribution in [0.5, 0.6) is 11.5 Å². The minimum absolute atomic E-state index is 0.216. The molecule has 4 rings (SSSR count). The highest BCUT2D eigenvalue weighted by Gasteiger charge is 2.21. The molecule has 3 aromatic rings. The number of benzene rings is 2. The van der Waals surface area contributed by atoms with E-state index in [9.17, 15) is 13.6 Å². The molecule has 6 nitrogen and oxygen atoms in total. The second-order valence-corrected chi connectivity index (χ2v) is 7.79. The molecule has 0 bridgehead atoms. The molecule has 2 heterocycles. The van der Waals surface area contributed by atoms with Crippen LogP contribution >= 0.6 is 11.3 Å². The van der Waals surface area contributed by atoms with Gasteiger partial charge in [-0.3, -0.25) is 9.69 Å². The van der Waals surface area contributed by atoms with Crippen molar-refractivity contribution in [2.75, 3.05) is 19.2 Å². The highest BCUT2D eigenvalue weighted by atomic mass is 32.1. The zero-order valence-corrected chi connectivity index (χ0v) is 17.1. The van der Waals surface area contributed by atoms with Crippen LogP contribution in [-0.2, 0) is 11.3 Å². The molecule has 0 saturated carbocycles. The van der Waals surface area contributed by atoms with Crippen LogP contribution in [0.4, 0.5) is 13.9 Å². The van der Waals surface area contributed by atoms with Gasteiger partial charge >= 0.3 is 0 Å². The van der Waals surface area contributed by atoms with E-state index in [1.54, 1.807) is 12.3 Å². The third kappa shape index (κ3) is 4.27. The fourth-order valence-corrected chi connectivity index (χ4v) is 3.72. The molecule has 0 radical (unpaired) electrons. The van der Waals surface area contributed by atoms with Crippen LogP contribution in [0.25, 0.3) is 11.3 Å². The number of carbonyl (C=O) groups is 1. The number of fused-ring (bicyclic) bond motifs is 1. The number of thiazole rings is 1. The zero-order chi connectivity index (χ0) is 21.3. The molecule has 1 amide bonds. The van der Waals surface area contributed by atoms with Crippen molar-refractivity contribution < 1.29 is 23.0 Å². The lowest BCUT2D eigenvalue weighted by atomic mass is 10.1. The Labute approximate surface area is 176 Å². The number of amides is 1. The van der Waals surface area contributed by atoms with Crippen molar-refractivity contribution in [1.82, 2.24) is 9.88 Å². The lowest BCUT2D eigenvalue weighted by Crippen LogP contribution is -2.39. The van der Waals surface area contributed by atoms with Crippen molar-refractivity contribution in [2.24, 2.45) is 0 Å². The third-order valence-electron chi connectivity index (χ3n) is 4.86. The van der Waals surface area contributed by atoms with Crippen molar-refractivity contribution in [3.05, 3.63) is 59.0 Å². The molecule has 0 saturated heterocycles. The summed E-state index contributed by atoms with van der Waals surface area (Å²) < 4.78 is 37.2. The molecule has 2 aromatic carbocycles. The van der Waals surface area contributed by atoms with Gasteiger partial charge in [0.2, 0.25) is 12.7 Å². The van der Waals surface area contributed by atoms with Gasteiger partial charge in [-0.25, -0.2) is 13.8 Å². The molecule has 1 N–H and O–H groups in total. The second kappa shape index (κ2) is 8.37. The molecule has 30 heavy (non-hydrogen) atoms. The number of hydrogen-bond acceptors (Lipinski definition) is 6. The topological polar surface area (TPSA) is 63.7 Å². The summed E-state index contributed by atoms with van der Waals surface area (Å²) in [5.41, 5.74) is 1.91. The number of anilines is 1. The maximum Gasteiger partial charge on any atom is 0.243 e. The molecular weight excluding hydrogens is 412 g/mol. The van der Waals surface area contributed by atoms with Crippen LogP contribution in [0, 0.1) is 11.6 Å². The van der Waals surface area contributed by atoms with Gasteiger partial charge in [-0.05, 0) is 49.9 Å². The summed E-state index contributed by atoms with van der Waals surface area (Å²) in [4.78, 5) is 18.8. The minimum atomic E-state index is -0.940. The Hall–Kier alpha value is -3.04. The van der Waals surface area contributed by atoms with E-state index in [2.05, 4.69) is 10.3 Å². The maximum atomic E-state index is 13.4. The quantitative estimate of drug-likeness (QED) is 0.631.